The first-order valence-electron chi connectivity index (χ1n) is 8.63. The molecule has 0 aromatic carbocycles. The molecule has 1 heterocycles. The van der Waals surface area contributed by atoms with E-state index in [4.69, 9.17) is 14.2 Å². The zero-order valence-corrected chi connectivity index (χ0v) is 15.1. The van der Waals surface area contributed by atoms with E-state index in [1.807, 2.05) is 33.8 Å². The number of hydrogen-bond acceptors (Lipinski definition) is 5. The van der Waals surface area contributed by atoms with Crippen molar-refractivity contribution in [3.05, 3.63) is 17.8 Å². The molecule has 1 aliphatic rings. The topological polar surface area (TPSA) is 69.7 Å². The molecule has 24 heavy (non-hydrogen) atoms. The van der Waals surface area contributed by atoms with Crippen molar-refractivity contribution in [2.45, 2.75) is 46.1 Å². The van der Waals surface area contributed by atoms with Gasteiger partial charge in [-0.3, -0.25) is 4.79 Å². The molecule has 1 saturated carbocycles. The summed E-state index contributed by atoms with van der Waals surface area (Å²) in [5.41, 5.74) is 0.755. The predicted molar refractivity (Wildman–Crippen MR) is 92.3 cm³/mol. The molecule has 1 fully saturated rings. The fraction of sp³-hybridized carbons (Fsp3) is 0.667. The Morgan fingerprint density at radius 3 is 2.67 bits per heavy atom. The van der Waals surface area contributed by atoms with E-state index < -0.39 is 5.60 Å². The lowest BCUT2D eigenvalue weighted by Gasteiger charge is -2.28. The molecule has 1 aromatic heterocycles. The van der Waals surface area contributed by atoms with Crippen LogP contribution in [0.2, 0.25) is 0 Å². The van der Waals surface area contributed by atoms with Crippen LogP contribution in [0.5, 0.6) is 5.88 Å². The zero-order chi connectivity index (χ0) is 17.6. The van der Waals surface area contributed by atoms with Crippen molar-refractivity contribution in [1.29, 1.82) is 0 Å². The summed E-state index contributed by atoms with van der Waals surface area (Å²) in [5, 5.41) is 2.93. The SMILES string of the molecule is CCOCCOc1ncc(NC(=O)C(C)(OCC)C2CC2)cc1C. The number of carbonyl (C=O) groups is 1. The van der Waals surface area contributed by atoms with Crippen LogP contribution >= 0.6 is 0 Å². The quantitative estimate of drug-likeness (QED) is 0.665. The van der Waals surface area contributed by atoms with E-state index in [0.29, 0.717) is 43.9 Å². The Kier molecular flexibility index (Phi) is 6.57. The van der Waals surface area contributed by atoms with Gasteiger partial charge in [0.15, 0.2) is 0 Å². The van der Waals surface area contributed by atoms with Gasteiger partial charge in [-0.15, -0.1) is 0 Å². The Bertz CT molecular complexity index is 560. The van der Waals surface area contributed by atoms with E-state index in [-0.39, 0.29) is 5.91 Å². The Hall–Kier alpha value is -1.66. The Balaban J connectivity index is 1.97. The molecule has 1 atom stereocenters. The van der Waals surface area contributed by atoms with E-state index in [9.17, 15) is 4.79 Å². The van der Waals surface area contributed by atoms with Crippen LogP contribution in [0.4, 0.5) is 5.69 Å². The van der Waals surface area contributed by atoms with Gasteiger partial charge in [0, 0.05) is 18.8 Å². The number of rotatable bonds is 10. The summed E-state index contributed by atoms with van der Waals surface area (Å²) in [6.07, 6.45) is 3.68. The summed E-state index contributed by atoms with van der Waals surface area (Å²) in [7, 11) is 0. The molecule has 6 heteroatoms. The molecule has 0 aliphatic heterocycles. The monoisotopic (exact) mass is 336 g/mol. The lowest BCUT2D eigenvalue weighted by atomic mass is 9.99. The first-order chi connectivity index (χ1) is 11.5. The number of anilines is 1. The average molecular weight is 336 g/mol. The highest BCUT2D eigenvalue weighted by molar-refractivity contribution is 5.97. The predicted octanol–water partition coefficient (Wildman–Crippen LogP) is 2.95. The van der Waals surface area contributed by atoms with Gasteiger partial charge in [0.05, 0.1) is 18.5 Å². The Morgan fingerprint density at radius 1 is 1.33 bits per heavy atom. The number of aromatic nitrogens is 1. The second kappa shape index (κ2) is 8.44. The van der Waals surface area contributed by atoms with Crippen molar-refractivity contribution < 1.29 is 19.0 Å². The van der Waals surface area contributed by atoms with Crippen molar-refractivity contribution in [2.24, 2.45) is 5.92 Å². The van der Waals surface area contributed by atoms with Crippen LogP contribution in [0.15, 0.2) is 12.3 Å². The van der Waals surface area contributed by atoms with Gasteiger partial charge in [0.2, 0.25) is 5.88 Å². The fourth-order valence-electron chi connectivity index (χ4n) is 2.68. The van der Waals surface area contributed by atoms with Crippen molar-refractivity contribution in [3.8, 4) is 5.88 Å². The number of hydrogen-bond donors (Lipinski definition) is 1. The Morgan fingerprint density at radius 2 is 2.08 bits per heavy atom. The molecule has 0 spiro atoms. The minimum absolute atomic E-state index is 0.113. The van der Waals surface area contributed by atoms with Gasteiger partial charge in [-0.05, 0) is 52.5 Å². The average Bonchev–Trinajstić information content (AvgIpc) is 3.38. The number of carbonyl (C=O) groups excluding carboxylic acids is 1. The van der Waals surface area contributed by atoms with E-state index in [1.54, 1.807) is 6.20 Å². The normalized spacial score (nSPS) is 16.5. The van der Waals surface area contributed by atoms with E-state index in [2.05, 4.69) is 10.3 Å². The lowest BCUT2D eigenvalue weighted by molar-refractivity contribution is -0.141. The van der Waals surface area contributed by atoms with Crippen molar-refractivity contribution in [2.75, 3.05) is 31.7 Å². The molecular weight excluding hydrogens is 308 g/mol. The lowest BCUT2D eigenvalue weighted by Crippen LogP contribution is -2.44. The summed E-state index contributed by atoms with van der Waals surface area (Å²) in [6, 6.07) is 1.86. The van der Waals surface area contributed by atoms with Crippen LogP contribution in [0.1, 0.15) is 39.2 Å². The van der Waals surface area contributed by atoms with Gasteiger partial charge in [0.1, 0.15) is 12.2 Å². The molecule has 134 valence electrons. The molecule has 1 amide bonds. The van der Waals surface area contributed by atoms with E-state index in [1.165, 1.54) is 0 Å². The maximum atomic E-state index is 12.6. The van der Waals surface area contributed by atoms with Gasteiger partial charge < -0.3 is 19.5 Å². The molecule has 1 aliphatic carbocycles. The number of ether oxygens (including phenoxy) is 3. The van der Waals surface area contributed by atoms with Gasteiger partial charge in [-0.25, -0.2) is 4.98 Å². The van der Waals surface area contributed by atoms with Gasteiger partial charge in [0.25, 0.3) is 5.91 Å². The third-order valence-corrected chi connectivity index (χ3v) is 4.21. The van der Waals surface area contributed by atoms with Crippen LogP contribution in [-0.4, -0.2) is 42.9 Å². The molecule has 2 rings (SSSR count). The minimum atomic E-state index is -0.769. The van der Waals surface area contributed by atoms with E-state index in [0.717, 1.165) is 18.4 Å². The summed E-state index contributed by atoms with van der Waals surface area (Å²) >= 11 is 0. The summed E-state index contributed by atoms with van der Waals surface area (Å²) in [5.74, 6) is 0.744. The van der Waals surface area contributed by atoms with Gasteiger partial charge in [-0.2, -0.15) is 0 Å². The maximum absolute atomic E-state index is 12.6. The van der Waals surface area contributed by atoms with Crippen LogP contribution in [0.25, 0.3) is 0 Å². The molecule has 1 aromatic rings. The zero-order valence-electron chi connectivity index (χ0n) is 15.1. The molecule has 6 nitrogen and oxygen atoms in total. The molecule has 0 saturated heterocycles. The molecular formula is C18H28N2O4. The summed E-state index contributed by atoms with van der Waals surface area (Å²) < 4.78 is 16.6. The second-order valence-electron chi connectivity index (χ2n) is 6.16. The highest BCUT2D eigenvalue weighted by atomic mass is 16.5. The van der Waals surface area contributed by atoms with Crippen molar-refractivity contribution >= 4 is 11.6 Å². The second-order valence-corrected chi connectivity index (χ2v) is 6.16. The first-order valence-corrected chi connectivity index (χ1v) is 8.63. The third-order valence-electron chi connectivity index (χ3n) is 4.21. The van der Waals surface area contributed by atoms with Crippen molar-refractivity contribution in [3.63, 3.8) is 0 Å². The highest BCUT2D eigenvalue weighted by Crippen LogP contribution is 2.42. The molecule has 0 bridgehead atoms. The Labute approximate surface area is 143 Å². The number of pyridine rings is 1. The van der Waals surface area contributed by atoms with Crippen LogP contribution in [-0.2, 0) is 14.3 Å². The van der Waals surface area contributed by atoms with Gasteiger partial charge in [-0.1, -0.05) is 0 Å². The number of amides is 1. The molecule has 1 N–H and O–H groups in total. The van der Waals surface area contributed by atoms with Crippen LogP contribution in [0, 0.1) is 12.8 Å². The van der Waals surface area contributed by atoms with Gasteiger partial charge >= 0.3 is 0 Å². The maximum Gasteiger partial charge on any atom is 0.256 e. The standard InChI is InChI=1S/C18H28N2O4/c1-5-22-9-10-23-16-13(3)11-15(12-19-16)20-17(21)18(4,24-6-2)14-7-8-14/h11-12,14H,5-10H2,1-4H3,(H,20,21). The fourth-order valence-corrected chi connectivity index (χ4v) is 2.68. The third kappa shape index (κ3) is 4.68. The smallest absolute Gasteiger partial charge is 0.256 e. The summed E-state index contributed by atoms with van der Waals surface area (Å²) in [6.45, 7) is 9.80. The van der Waals surface area contributed by atoms with E-state index >= 15 is 0 Å². The molecule has 0 radical (unpaired) electrons. The summed E-state index contributed by atoms with van der Waals surface area (Å²) in [4.78, 5) is 16.9. The number of aryl methyl sites for hydroxylation is 1. The molecule has 1 unspecified atom stereocenters. The number of nitrogens with one attached hydrogen (secondary N) is 1. The largest absolute Gasteiger partial charge is 0.475 e. The van der Waals surface area contributed by atoms with Crippen LogP contribution < -0.4 is 10.1 Å². The number of nitrogens with zero attached hydrogens (tertiary/aromatic N) is 1. The minimum Gasteiger partial charge on any atom is -0.475 e. The van der Waals surface area contributed by atoms with Crippen molar-refractivity contribution in [1.82, 2.24) is 4.98 Å². The van der Waals surface area contributed by atoms with Crippen LogP contribution in [0.3, 0.4) is 0 Å². The first kappa shape index (κ1) is 18.7. The highest BCUT2D eigenvalue weighted by Gasteiger charge is 2.48.